The van der Waals surface area contributed by atoms with E-state index >= 15 is 0 Å². The molecular formula is C10H12F3NO2. The fourth-order valence-corrected chi connectivity index (χ4v) is 1.31. The number of benzene rings is 1. The molecular weight excluding hydrogens is 223 g/mol. The molecule has 0 heterocycles. The number of halogens is 3. The zero-order valence-corrected chi connectivity index (χ0v) is 8.33. The number of rotatable bonds is 3. The van der Waals surface area contributed by atoms with Crippen molar-refractivity contribution in [2.45, 2.75) is 18.7 Å². The van der Waals surface area contributed by atoms with Crippen molar-refractivity contribution in [1.29, 1.82) is 0 Å². The Morgan fingerprint density at radius 2 is 1.94 bits per heavy atom. The summed E-state index contributed by atoms with van der Waals surface area (Å²) >= 11 is 0. The van der Waals surface area contributed by atoms with Crippen LogP contribution in [0, 0.1) is 0 Å². The molecule has 0 radical (unpaired) electrons. The van der Waals surface area contributed by atoms with Gasteiger partial charge in [-0.25, -0.2) is 0 Å². The minimum Gasteiger partial charge on any atom is -0.508 e. The van der Waals surface area contributed by atoms with Crippen LogP contribution in [0.4, 0.5) is 13.2 Å². The fourth-order valence-electron chi connectivity index (χ4n) is 1.31. The Morgan fingerprint density at radius 3 is 2.44 bits per heavy atom. The molecule has 90 valence electrons. The van der Waals surface area contributed by atoms with E-state index in [0.29, 0.717) is 0 Å². The quantitative estimate of drug-likeness (QED) is 0.748. The van der Waals surface area contributed by atoms with Crippen molar-refractivity contribution in [3.05, 3.63) is 29.3 Å². The molecule has 4 N–H and O–H groups in total. The van der Waals surface area contributed by atoms with Gasteiger partial charge >= 0.3 is 6.18 Å². The highest BCUT2D eigenvalue weighted by atomic mass is 19.4. The molecule has 0 aromatic heterocycles. The predicted molar refractivity (Wildman–Crippen MR) is 51.7 cm³/mol. The Hall–Kier alpha value is -1.27. The van der Waals surface area contributed by atoms with E-state index in [1.54, 1.807) is 0 Å². The molecule has 0 bridgehead atoms. The molecule has 1 aromatic carbocycles. The van der Waals surface area contributed by atoms with Crippen molar-refractivity contribution in [2.75, 3.05) is 6.54 Å². The van der Waals surface area contributed by atoms with Gasteiger partial charge in [-0.1, -0.05) is 0 Å². The van der Waals surface area contributed by atoms with Gasteiger partial charge in [-0.3, -0.25) is 0 Å². The lowest BCUT2D eigenvalue weighted by Crippen LogP contribution is -2.10. The summed E-state index contributed by atoms with van der Waals surface area (Å²) in [6, 6.07) is 2.40. The minimum atomic E-state index is -4.50. The first kappa shape index (κ1) is 12.8. The van der Waals surface area contributed by atoms with Gasteiger partial charge in [-0.05, 0) is 31.2 Å². The van der Waals surface area contributed by atoms with Crippen LogP contribution in [-0.4, -0.2) is 16.8 Å². The maximum Gasteiger partial charge on any atom is 0.416 e. The number of aliphatic hydroxyl groups excluding tert-OH is 1. The monoisotopic (exact) mass is 235 g/mol. The van der Waals surface area contributed by atoms with Crippen LogP contribution >= 0.6 is 0 Å². The second-order valence-electron chi connectivity index (χ2n) is 3.36. The van der Waals surface area contributed by atoms with E-state index in [1.807, 2.05) is 0 Å². The third kappa shape index (κ3) is 2.86. The molecule has 1 atom stereocenters. The van der Waals surface area contributed by atoms with E-state index in [9.17, 15) is 23.4 Å². The van der Waals surface area contributed by atoms with E-state index in [1.165, 1.54) is 0 Å². The number of hydrogen-bond donors (Lipinski definition) is 3. The summed E-state index contributed by atoms with van der Waals surface area (Å²) in [6.07, 6.45) is -5.59. The van der Waals surface area contributed by atoms with Gasteiger partial charge in [0, 0.05) is 5.56 Å². The summed E-state index contributed by atoms with van der Waals surface area (Å²) in [5, 5.41) is 18.8. The molecule has 0 amide bonds. The molecule has 1 unspecified atom stereocenters. The van der Waals surface area contributed by atoms with E-state index in [2.05, 4.69) is 0 Å². The van der Waals surface area contributed by atoms with Crippen molar-refractivity contribution >= 4 is 0 Å². The lowest BCUT2D eigenvalue weighted by molar-refractivity contribution is -0.137. The Balaban J connectivity index is 3.09. The number of nitrogens with two attached hydrogens (primary N) is 1. The van der Waals surface area contributed by atoms with Gasteiger partial charge in [-0.2, -0.15) is 13.2 Å². The van der Waals surface area contributed by atoms with Crippen molar-refractivity contribution in [2.24, 2.45) is 5.73 Å². The topological polar surface area (TPSA) is 66.5 Å². The normalized spacial score (nSPS) is 13.8. The first-order valence-electron chi connectivity index (χ1n) is 4.64. The third-order valence-corrected chi connectivity index (χ3v) is 2.15. The van der Waals surface area contributed by atoms with Gasteiger partial charge < -0.3 is 15.9 Å². The number of aliphatic hydroxyl groups is 1. The maximum absolute atomic E-state index is 12.4. The number of hydrogen-bond acceptors (Lipinski definition) is 3. The molecule has 3 nitrogen and oxygen atoms in total. The summed E-state index contributed by atoms with van der Waals surface area (Å²) in [5.74, 6) is -0.367. The van der Waals surface area contributed by atoms with Crippen molar-refractivity contribution < 1.29 is 23.4 Å². The number of alkyl halides is 3. The summed E-state index contributed by atoms with van der Waals surface area (Å²) in [4.78, 5) is 0. The van der Waals surface area contributed by atoms with Gasteiger partial charge in [0.15, 0.2) is 0 Å². The number of phenolic OH excluding ortho intramolecular Hbond substituents is 1. The Kier molecular flexibility index (Phi) is 3.77. The van der Waals surface area contributed by atoms with E-state index in [4.69, 9.17) is 5.73 Å². The van der Waals surface area contributed by atoms with E-state index < -0.39 is 17.8 Å². The minimum absolute atomic E-state index is 0.0921. The van der Waals surface area contributed by atoms with Crippen LogP contribution in [0.3, 0.4) is 0 Å². The SMILES string of the molecule is NCCC(O)c1cc(C(F)(F)F)ccc1O. The van der Waals surface area contributed by atoms with Gasteiger partial charge in [0.2, 0.25) is 0 Å². The lowest BCUT2D eigenvalue weighted by Gasteiger charge is -2.14. The molecule has 0 saturated heterocycles. The second kappa shape index (κ2) is 4.71. The molecule has 0 aliphatic rings. The molecule has 16 heavy (non-hydrogen) atoms. The van der Waals surface area contributed by atoms with Crippen LogP contribution in [0.1, 0.15) is 23.7 Å². The van der Waals surface area contributed by atoms with Gasteiger partial charge in [0.1, 0.15) is 5.75 Å². The van der Waals surface area contributed by atoms with Gasteiger partial charge in [0.25, 0.3) is 0 Å². The number of aromatic hydroxyl groups is 1. The standard InChI is InChI=1S/C10H12F3NO2/c11-10(12,13)6-1-2-8(15)7(5-6)9(16)3-4-14/h1-2,5,9,15-16H,3-4,14H2. The summed E-state index contributed by atoms with van der Waals surface area (Å²) in [6.45, 7) is 0.122. The molecule has 0 aliphatic carbocycles. The third-order valence-electron chi connectivity index (χ3n) is 2.15. The van der Waals surface area contributed by atoms with E-state index in [-0.39, 0.29) is 24.3 Å². The Labute approximate surface area is 90.3 Å². The second-order valence-corrected chi connectivity index (χ2v) is 3.36. The van der Waals surface area contributed by atoms with Crippen LogP contribution in [0.2, 0.25) is 0 Å². The largest absolute Gasteiger partial charge is 0.508 e. The molecule has 6 heteroatoms. The van der Waals surface area contributed by atoms with Crippen molar-refractivity contribution in [3.8, 4) is 5.75 Å². The lowest BCUT2D eigenvalue weighted by atomic mass is 10.0. The summed E-state index contributed by atoms with van der Waals surface area (Å²) in [7, 11) is 0. The smallest absolute Gasteiger partial charge is 0.416 e. The average molecular weight is 235 g/mol. The molecule has 1 rings (SSSR count). The summed E-state index contributed by atoms with van der Waals surface area (Å²) < 4.78 is 37.1. The first-order chi connectivity index (χ1) is 7.36. The molecule has 0 fully saturated rings. The number of phenols is 1. The Morgan fingerprint density at radius 1 is 1.31 bits per heavy atom. The van der Waals surface area contributed by atoms with Crippen molar-refractivity contribution in [3.63, 3.8) is 0 Å². The van der Waals surface area contributed by atoms with Crippen LogP contribution in [0.5, 0.6) is 5.75 Å². The maximum atomic E-state index is 12.4. The van der Waals surface area contributed by atoms with Crippen LogP contribution in [-0.2, 0) is 6.18 Å². The van der Waals surface area contributed by atoms with E-state index in [0.717, 1.165) is 18.2 Å². The van der Waals surface area contributed by atoms with Gasteiger partial charge in [-0.15, -0.1) is 0 Å². The van der Waals surface area contributed by atoms with Crippen LogP contribution in [0.15, 0.2) is 18.2 Å². The molecule has 0 saturated carbocycles. The summed E-state index contributed by atoms with van der Waals surface area (Å²) in [5.41, 5.74) is 4.12. The molecule has 1 aromatic rings. The predicted octanol–water partition coefficient (Wildman–Crippen LogP) is 1.79. The fraction of sp³-hybridized carbons (Fsp3) is 0.400. The highest BCUT2D eigenvalue weighted by Gasteiger charge is 2.31. The molecule has 0 aliphatic heterocycles. The zero-order valence-electron chi connectivity index (χ0n) is 8.33. The average Bonchev–Trinajstić information content (AvgIpc) is 2.16. The highest BCUT2D eigenvalue weighted by Crippen LogP contribution is 2.34. The van der Waals surface area contributed by atoms with Crippen LogP contribution in [0.25, 0.3) is 0 Å². The first-order valence-corrected chi connectivity index (χ1v) is 4.64. The Bertz CT molecular complexity index is 366. The van der Waals surface area contributed by atoms with Gasteiger partial charge in [0.05, 0.1) is 11.7 Å². The zero-order chi connectivity index (χ0) is 12.3. The highest BCUT2D eigenvalue weighted by molar-refractivity contribution is 5.38. The molecule has 0 spiro atoms. The van der Waals surface area contributed by atoms with Crippen molar-refractivity contribution in [1.82, 2.24) is 0 Å². The van der Waals surface area contributed by atoms with Crippen LogP contribution < -0.4 is 5.73 Å².